The van der Waals surface area contributed by atoms with Gasteiger partial charge in [-0.3, -0.25) is 0 Å². The Morgan fingerprint density at radius 1 is 1.11 bits per heavy atom. The summed E-state index contributed by atoms with van der Waals surface area (Å²) in [7, 11) is 0. The van der Waals surface area contributed by atoms with Crippen molar-refractivity contribution < 1.29 is 4.74 Å². The molecular formula is C15H22Cl2O. The lowest BCUT2D eigenvalue weighted by Crippen LogP contribution is -2.30. The molecule has 0 aliphatic heterocycles. The van der Waals surface area contributed by atoms with Crippen LogP contribution >= 0.6 is 23.2 Å². The van der Waals surface area contributed by atoms with E-state index in [0.717, 1.165) is 12.8 Å². The van der Waals surface area contributed by atoms with Crippen molar-refractivity contribution in [3.63, 3.8) is 0 Å². The zero-order chi connectivity index (χ0) is 13.4. The standard InChI is InChI=1S/C15H22Cl2O/c1-13(2)18-9-8-15(11-16,12-17)10-14-6-4-3-5-7-14/h3-7,13H,8-12H2,1-2H3. The van der Waals surface area contributed by atoms with E-state index in [1.165, 1.54) is 5.56 Å². The summed E-state index contributed by atoms with van der Waals surface area (Å²) in [5.41, 5.74) is 1.21. The monoisotopic (exact) mass is 288 g/mol. The van der Waals surface area contributed by atoms with Crippen molar-refractivity contribution in [3.8, 4) is 0 Å². The molecule has 102 valence electrons. The normalized spacial score (nSPS) is 12.1. The van der Waals surface area contributed by atoms with Crippen molar-refractivity contribution in [2.45, 2.75) is 32.8 Å². The molecule has 0 amide bonds. The second-order valence-electron chi connectivity index (χ2n) is 5.10. The van der Waals surface area contributed by atoms with Gasteiger partial charge in [0.25, 0.3) is 0 Å². The molecule has 1 rings (SSSR count). The summed E-state index contributed by atoms with van der Waals surface area (Å²) in [6, 6.07) is 10.4. The zero-order valence-electron chi connectivity index (χ0n) is 11.2. The Hall–Kier alpha value is -0.240. The Balaban J connectivity index is 2.62. The van der Waals surface area contributed by atoms with E-state index in [1.807, 2.05) is 32.0 Å². The molecule has 0 unspecified atom stereocenters. The van der Waals surface area contributed by atoms with Crippen LogP contribution in [0.5, 0.6) is 0 Å². The van der Waals surface area contributed by atoms with E-state index >= 15 is 0 Å². The maximum Gasteiger partial charge on any atom is 0.0518 e. The zero-order valence-corrected chi connectivity index (χ0v) is 12.7. The number of rotatable bonds is 8. The molecule has 0 aliphatic rings. The molecule has 0 aromatic heterocycles. The van der Waals surface area contributed by atoms with Crippen LogP contribution in [0.3, 0.4) is 0 Å². The molecule has 1 aromatic carbocycles. The first-order chi connectivity index (χ1) is 8.62. The molecule has 1 aromatic rings. The summed E-state index contributed by atoms with van der Waals surface area (Å²) in [5, 5.41) is 0. The summed E-state index contributed by atoms with van der Waals surface area (Å²) < 4.78 is 5.62. The first-order valence-corrected chi connectivity index (χ1v) is 7.46. The topological polar surface area (TPSA) is 9.23 Å². The SMILES string of the molecule is CC(C)OCCC(CCl)(CCl)Cc1ccccc1. The molecular weight excluding hydrogens is 267 g/mol. The van der Waals surface area contributed by atoms with Gasteiger partial charge in [0.15, 0.2) is 0 Å². The van der Waals surface area contributed by atoms with Crippen LogP contribution in [0.2, 0.25) is 0 Å². The summed E-state index contributed by atoms with van der Waals surface area (Å²) >= 11 is 12.3. The van der Waals surface area contributed by atoms with E-state index in [-0.39, 0.29) is 11.5 Å². The molecule has 0 bridgehead atoms. The van der Waals surface area contributed by atoms with Gasteiger partial charge in [0.2, 0.25) is 0 Å². The van der Waals surface area contributed by atoms with Crippen LogP contribution in [-0.2, 0) is 11.2 Å². The van der Waals surface area contributed by atoms with E-state index < -0.39 is 0 Å². The van der Waals surface area contributed by atoms with Crippen molar-refractivity contribution in [2.75, 3.05) is 18.4 Å². The molecule has 0 saturated heterocycles. The number of benzene rings is 1. The molecule has 0 atom stereocenters. The van der Waals surface area contributed by atoms with Crippen LogP contribution in [0, 0.1) is 5.41 Å². The van der Waals surface area contributed by atoms with Gasteiger partial charge in [-0.1, -0.05) is 30.3 Å². The van der Waals surface area contributed by atoms with Crippen molar-refractivity contribution in [3.05, 3.63) is 35.9 Å². The van der Waals surface area contributed by atoms with Crippen molar-refractivity contribution in [1.82, 2.24) is 0 Å². The lowest BCUT2D eigenvalue weighted by atomic mass is 9.82. The summed E-state index contributed by atoms with van der Waals surface area (Å²) in [4.78, 5) is 0. The van der Waals surface area contributed by atoms with Crippen LogP contribution in [0.15, 0.2) is 30.3 Å². The third-order valence-electron chi connectivity index (χ3n) is 3.07. The minimum atomic E-state index is -0.0701. The molecule has 0 radical (unpaired) electrons. The Morgan fingerprint density at radius 2 is 1.72 bits per heavy atom. The van der Waals surface area contributed by atoms with Crippen molar-refractivity contribution in [1.29, 1.82) is 0 Å². The molecule has 3 heteroatoms. The predicted octanol–water partition coefficient (Wildman–Crippen LogP) is 4.51. The van der Waals surface area contributed by atoms with E-state index in [1.54, 1.807) is 0 Å². The fourth-order valence-corrected chi connectivity index (χ4v) is 2.63. The third kappa shape index (κ3) is 5.17. The number of ether oxygens (including phenoxy) is 1. The summed E-state index contributed by atoms with van der Waals surface area (Å²) in [5.74, 6) is 1.12. The Morgan fingerprint density at radius 3 is 2.22 bits per heavy atom. The summed E-state index contributed by atoms with van der Waals surface area (Å²) in [6.45, 7) is 4.80. The van der Waals surface area contributed by atoms with Gasteiger partial charge >= 0.3 is 0 Å². The maximum atomic E-state index is 6.15. The van der Waals surface area contributed by atoms with Gasteiger partial charge in [0, 0.05) is 23.8 Å². The second-order valence-corrected chi connectivity index (χ2v) is 5.63. The van der Waals surface area contributed by atoms with Crippen LogP contribution in [0.25, 0.3) is 0 Å². The smallest absolute Gasteiger partial charge is 0.0518 e. The molecule has 0 N–H and O–H groups in total. The molecule has 18 heavy (non-hydrogen) atoms. The number of halogens is 2. The van der Waals surface area contributed by atoms with Crippen LogP contribution < -0.4 is 0 Å². The molecule has 0 aliphatic carbocycles. The average molecular weight is 289 g/mol. The van der Waals surface area contributed by atoms with E-state index in [9.17, 15) is 0 Å². The number of alkyl halides is 2. The molecule has 0 fully saturated rings. The molecule has 0 heterocycles. The third-order valence-corrected chi connectivity index (χ3v) is 4.21. The van der Waals surface area contributed by atoms with Crippen molar-refractivity contribution in [2.24, 2.45) is 5.41 Å². The van der Waals surface area contributed by atoms with E-state index in [4.69, 9.17) is 27.9 Å². The fourth-order valence-electron chi connectivity index (χ4n) is 1.89. The number of hydrogen-bond donors (Lipinski definition) is 0. The first kappa shape index (κ1) is 15.8. The lowest BCUT2D eigenvalue weighted by molar-refractivity contribution is 0.0586. The van der Waals surface area contributed by atoms with Crippen LogP contribution in [-0.4, -0.2) is 24.5 Å². The van der Waals surface area contributed by atoms with Gasteiger partial charge in [-0.2, -0.15) is 0 Å². The van der Waals surface area contributed by atoms with Gasteiger partial charge in [-0.05, 0) is 32.3 Å². The molecule has 0 saturated carbocycles. The highest BCUT2D eigenvalue weighted by Crippen LogP contribution is 2.30. The maximum absolute atomic E-state index is 6.15. The first-order valence-electron chi connectivity index (χ1n) is 6.39. The highest BCUT2D eigenvalue weighted by molar-refractivity contribution is 6.21. The highest BCUT2D eigenvalue weighted by Gasteiger charge is 2.28. The number of hydrogen-bond acceptors (Lipinski definition) is 1. The molecule has 1 nitrogen and oxygen atoms in total. The van der Waals surface area contributed by atoms with Gasteiger partial charge in [0.1, 0.15) is 0 Å². The van der Waals surface area contributed by atoms with Gasteiger partial charge < -0.3 is 4.74 Å². The van der Waals surface area contributed by atoms with E-state index in [2.05, 4.69) is 12.1 Å². The summed E-state index contributed by atoms with van der Waals surface area (Å²) in [6.07, 6.45) is 2.06. The Kier molecular flexibility index (Phi) is 7.06. The van der Waals surface area contributed by atoms with Crippen molar-refractivity contribution >= 4 is 23.2 Å². The lowest BCUT2D eigenvalue weighted by Gasteiger charge is -2.30. The Bertz CT molecular complexity index is 321. The fraction of sp³-hybridized carbons (Fsp3) is 0.600. The average Bonchev–Trinajstić information content (AvgIpc) is 2.38. The second kappa shape index (κ2) is 8.04. The van der Waals surface area contributed by atoms with Crippen LogP contribution in [0.4, 0.5) is 0 Å². The van der Waals surface area contributed by atoms with E-state index in [0.29, 0.717) is 18.4 Å². The quantitative estimate of drug-likeness (QED) is 0.640. The van der Waals surface area contributed by atoms with Crippen LogP contribution in [0.1, 0.15) is 25.8 Å². The van der Waals surface area contributed by atoms with Gasteiger partial charge in [0.05, 0.1) is 6.10 Å². The van der Waals surface area contributed by atoms with Gasteiger partial charge in [-0.15, -0.1) is 23.2 Å². The Labute approximate surface area is 120 Å². The highest BCUT2D eigenvalue weighted by atomic mass is 35.5. The minimum absolute atomic E-state index is 0.0701. The largest absolute Gasteiger partial charge is 0.379 e. The molecule has 0 spiro atoms. The van der Waals surface area contributed by atoms with Gasteiger partial charge in [-0.25, -0.2) is 0 Å². The predicted molar refractivity (Wildman–Crippen MR) is 79.7 cm³/mol. The minimum Gasteiger partial charge on any atom is -0.379 e.